The zero-order chi connectivity index (χ0) is 57.8. The molecule has 0 aromatic carbocycles. The van der Waals surface area contributed by atoms with Gasteiger partial charge in [-0.05, 0) is 116 Å². The van der Waals surface area contributed by atoms with Crippen molar-refractivity contribution in [3.05, 3.63) is 122 Å². The maximum Gasteiger partial charge on any atom is 0.306 e. The molecule has 0 N–H and O–H groups in total. The van der Waals surface area contributed by atoms with Gasteiger partial charge in [-0.2, -0.15) is 0 Å². The third-order valence-corrected chi connectivity index (χ3v) is 14.2. The van der Waals surface area contributed by atoms with E-state index < -0.39 is 6.10 Å². The molecular formula is C74H124O6. The lowest BCUT2D eigenvalue weighted by Gasteiger charge is -2.18. The number of ether oxygens (including phenoxy) is 3. The number of esters is 3. The van der Waals surface area contributed by atoms with Crippen LogP contribution in [0.2, 0.25) is 0 Å². The SMILES string of the molecule is CC/C=C\C/C=C\C/C=C\C/C=C\C/C=C\C/C=C\C/C=C\CCCCCCCCCC(=O)OCC(COC(=O)CCCCCCCC)OC(=O)CCCCCCCCCCCCCC/C=C\C/C=C\C/C=C\CCCCCCC. The van der Waals surface area contributed by atoms with Gasteiger partial charge in [0.15, 0.2) is 6.10 Å². The fraction of sp³-hybridized carbons (Fsp3) is 0.689. The molecule has 456 valence electrons. The number of hydrogen-bond donors (Lipinski definition) is 0. The second kappa shape index (κ2) is 67.3. The van der Waals surface area contributed by atoms with Gasteiger partial charge in [0, 0.05) is 19.3 Å². The first-order chi connectivity index (χ1) is 39.5. The molecule has 0 amide bonds. The van der Waals surface area contributed by atoms with E-state index in [0.29, 0.717) is 19.3 Å². The van der Waals surface area contributed by atoms with Crippen LogP contribution in [0.4, 0.5) is 0 Å². The van der Waals surface area contributed by atoms with Gasteiger partial charge < -0.3 is 14.2 Å². The molecule has 0 aliphatic heterocycles. The van der Waals surface area contributed by atoms with Crippen molar-refractivity contribution in [2.75, 3.05) is 13.2 Å². The predicted octanol–water partition coefficient (Wildman–Crippen LogP) is 23.2. The molecule has 0 spiro atoms. The standard InChI is InChI=1S/C74H124O6/c1-4-7-10-13-16-18-20-22-24-26-28-30-32-34-36-37-39-40-42-44-46-48-50-52-54-56-58-61-64-67-73(76)79-70-71(69-78-72(75)66-63-60-15-12-9-6-3)80-74(77)68-65-62-59-57-55-53-51-49-47-45-43-41-38-35-33-31-29-27-25-23-21-19-17-14-11-8-5-2/h7,10,16,18,21-24,27-30,33-36,39-40,44,46,71H,4-6,8-9,11-15,17,19-20,25-26,31-32,37-38,41-43,45,47-70H2,1-3H3/b10-7-,18-16-,23-21-,24-22-,29-27-,30-28-,35-33-,36-34-,40-39-,46-44-. The van der Waals surface area contributed by atoms with Gasteiger partial charge in [-0.3, -0.25) is 14.4 Å². The van der Waals surface area contributed by atoms with E-state index in [9.17, 15) is 14.4 Å². The molecule has 0 saturated carbocycles. The van der Waals surface area contributed by atoms with Gasteiger partial charge >= 0.3 is 17.9 Å². The van der Waals surface area contributed by atoms with Crippen LogP contribution in [0.15, 0.2) is 122 Å². The monoisotopic (exact) mass is 1110 g/mol. The van der Waals surface area contributed by atoms with E-state index in [-0.39, 0.29) is 31.1 Å². The highest BCUT2D eigenvalue weighted by Gasteiger charge is 2.19. The number of unbranched alkanes of at least 4 members (excludes halogenated alkanes) is 29. The van der Waals surface area contributed by atoms with E-state index in [1.165, 1.54) is 148 Å². The summed E-state index contributed by atoms with van der Waals surface area (Å²) in [6.45, 7) is 6.46. The van der Waals surface area contributed by atoms with Crippen LogP contribution in [0.3, 0.4) is 0 Å². The van der Waals surface area contributed by atoms with Crippen LogP contribution >= 0.6 is 0 Å². The third kappa shape index (κ3) is 64.6. The molecule has 0 saturated heterocycles. The molecule has 0 aliphatic carbocycles. The Hall–Kier alpha value is -4.19. The summed E-state index contributed by atoms with van der Waals surface area (Å²) in [6, 6.07) is 0. The minimum atomic E-state index is -0.784. The smallest absolute Gasteiger partial charge is 0.306 e. The summed E-state index contributed by atoms with van der Waals surface area (Å²) in [7, 11) is 0. The Labute approximate surface area is 494 Å². The molecule has 6 nitrogen and oxygen atoms in total. The Morgan fingerprint density at radius 1 is 0.263 bits per heavy atom. The fourth-order valence-electron chi connectivity index (χ4n) is 9.20. The van der Waals surface area contributed by atoms with E-state index >= 15 is 0 Å². The Bertz CT molecular complexity index is 1650. The van der Waals surface area contributed by atoms with Crippen LogP contribution < -0.4 is 0 Å². The highest BCUT2D eigenvalue weighted by molar-refractivity contribution is 5.71. The number of hydrogen-bond acceptors (Lipinski definition) is 6. The van der Waals surface area contributed by atoms with Gasteiger partial charge in [0.25, 0.3) is 0 Å². The van der Waals surface area contributed by atoms with Crippen LogP contribution in [-0.2, 0) is 28.6 Å². The van der Waals surface area contributed by atoms with Gasteiger partial charge in [0.05, 0.1) is 0 Å². The lowest BCUT2D eigenvalue weighted by molar-refractivity contribution is -0.167. The van der Waals surface area contributed by atoms with Gasteiger partial charge in [-0.15, -0.1) is 0 Å². The van der Waals surface area contributed by atoms with E-state index in [4.69, 9.17) is 14.2 Å². The molecule has 0 fully saturated rings. The Morgan fingerprint density at radius 2 is 0.487 bits per heavy atom. The fourth-order valence-corrected chi connectivity index (χ4v) is 9.20. The average Bonchev–Trinajstić information content (AvgIpc) is 3.46. The van der Waals surface area contributed by atoms with Crippen molar-refractivity contribution in [3.63, 3.8) is 0 Å². The lowest BCUT2D eigenvalue weighted by atomic mass is 10.0. The normalized spacial score (nSPS) is 12.9. The molecule has 0 radical (unpaired) electrons. The van der Waals surface area contributed by atoms with Crippen molar-refractivity contribution in [3.8, 4) is 0 Å². The predicted molar refractivity (Wildman–Crippen MR) is 348 cm³/mol. The van der Waals surface area contributed by atoms with Crippen molar-refractivity contribution < 1.29 is 28.6 Å². The highest BCUT2D eigenvalue weighted by atomic mass is 16.6. The minimum absolute atomic E-state index is 0.0830. The van der Waals surface area contributed by atoms with Crippen LogP contribution in [0.5, 0.6) is 0 Å². The summed E-state index contributed by atoms with van der Waals surface area (Å²) in [5.74, 6) is -0.901. The average molecular weight is 1110 g/mol. The summed E-state index contributed by atoms with van der Waals surface area (Å²) in [4.78, 5) is 38.1. The van der Waals surface area contributed by atoms with E-state index in [1.54, 1.807) is 0 Å². The molecule has 0 bridgehead atoms. The summed E-state index contributed by atoms with van der Waals surface area (Å²) in [6.07, 6.45) is 93.9. The zero-order valence-electron chi connectivity index (χ0n) is 52.3. The molecule has 0 rings (SSSR count). The number of carbonyl (C=O) groups excluding carboxylic acids is 3. The molecule has 1 atom stereocenters. The first-order valence-electron chi connectivity index (χ1n) is 33.5. The van der Waals surface area contributed by atoms with Gasteiger partial charge in [-0.25, -0.2) is 0 Å². The van der Waals surface area contributed by atoms with E-state index in [0.717, 1.165) is 122 Å². The summed E-state index contributed by atoms with van der Waals surface area (Å²) < 4.78 is 16.8. The molecule has 6 heteroatoms. The third-order valence-electron chi connectivity index (χ3n) is 14.2. The molecule has 0 heterocycles. The maximum absolute atomic E-state index is 12.9. The second-order valence-electron chi connectivity index (χ2n) is 22.0. The lowest BCUT2D eigenvalue weighted by Crippen LogP contribution is -2.30. The second-order valence-corrected chi connectivity index (χ2v) is 22.0. The summed E-state index contributed by atoms with van der Waals surface area (Å²) >= 11 is 0. The zero-order valence-corrected chi connectivity index (χ0v) is 52.3. The Balaban J connectivity index is 4.13. The van der Waals surface area contributed by atoms with Gasteiger partial charge in [0.2, 0.25) is 0 Å². The van der Waals surface area contributed by atoms with Crippen molar-refractivity contribution in [1.29, 1.82) is 0 Å². The quantitative estimate of drug-likeness (QED) is 0.0261. The van der Waals surface area contributed by atoms with Crippen LogP contribution in [0.25, 0.3) is 0 Å². The molecule has 0 aliphatic rings. The Morgan fingerprint density at radius 3 is 0.762 bits per heavy atom. The van der Waals surface area contributed by atoms with Gasteiger partial charge in [0.1, 0.15) is 13.2 Å². The van der Waals surface area contributed by atoms with E-state index in [1.807, 2.05) is 0 Å². The maximum atomic E-state index is 12.9. The van der Waals surface area contributed by atoms with Crippen molar-refractivity contribution in [2.45, 2.75) is 316 Å². The first kappa shape index (κ1) is 75.8. The molecule has 0 aromatic rings. The van der Waals surface area contributed by atoms with Gasteiger partial charge in [-0.1, -0.05) is 296 Å². The topological polar surface area (TPSA) is 78.9 Å². The van der Waals surface area contributed by atoms with Crippen molar-refractivity contribution in [2.24, 2.45) is 0 Å². The summed E-state index contributed by atoms with van der Waals surface area (Å²) in [5, 5.41) is 0. The molecular weight excluding hydrogens is 985 g/mol. The highest BCUT2D eigenvalue weighted by Crippen LogP contribution is 2.16. The van der Waals surface area contributed by atoms with Crippen molar-refractivity contribution in [1.82, 2.24) is 0 Å². The van der Waals surface area contributed by atoms with E-state index in [2.05, 4.69) is 142 Å². The minimum Gasteiger partial charge on any atom is -0.462 e. The first-order valence-corrected chi connectivity index (χ1v) is 33.5. The molecule has 0 aromatic heterocycles. The number of allylic oxidation sites excluding steroid dienone is 20. The largest absolute Gasteiger partial charge is 0.462 e. The Kier molecular flexibility index (Phi) is 63.8. The van der Waals surface area contributed by atoms with Crippen LogP contribution in [-0.4, -0.2) is 37.2 Å². The number of rotatable bonds is 60. The molecule has 1 unspecified atom stereocenters. The molecule has 80 heavy (non-hydrogen) atoms. The van der Waals surface area contributed by atoms with Crippen LogP contribution in [0, 0.1) is 0 Å². The van der Waals surface area contributed by atoms with Crippen LogP contribution in [0.1, 0.15) is 310 Å². The summed E-state index contributed by atoms with van der Waals surface area (Å²) in [5.41, 5.74) is 0. The number of carbonyl (C=O) groups is 3. The van der Waals surface area contributed by atoms with Crippen molar-refractivity contribution >= 4 is 17.9 Å².